The summed E-state index contributed by atoms with van der Waals surface area (Å²) in [4.78, 5) is 17.8. The monoisotopic (exact) mass is 443 g/mol. The van der Waals surface area contributed by atoms with E-state index in [4.69, 9.17) is 14.5 Å². The molecule has 0 aliphatic heterocycles. The van der Waals surface area contributed by atoms with Crippen LogP contribution in [0.1, 0.15) is 40.3 Å². The SMILES string of the molecule is COc1ccccc1C(=O)NC(C)c1nc2ccccc2n1CCOc1ccc(C)cc1C. The van der Waals surface area contributed by atoms with E-state index >= 15 is 0 Å². The van der Waals surface area contributed by atoms with Gasteiger partial charge in [0.15, 0.2) is 0 Å². The van der Waals surface area contributed by atoms with Crippen molar-refractivity contribution in [3.05, 3.63) is 89.2 Å². The molecule has 0 aliphatic carbocycles. The Balaban J connectivity index is 1.55. The first-order valence-corrected chi connectivity index (χ1v) is 11.1. The summed E-state index contributed by atoms with van der Waals surface area (Å²) in [7, 11) is 1.56. The number of carbonyl (C=O) groups excluding carboxylic acids is 1. The van der Waals surface area contributed by atoms with Crippen LogP contribution in [0.3, 0.4) is 0 Å². The number of para-hydroxylation sites is 3. The van der Waals surface area contributed by atoms with Crippen molar-refractivity contribution < 1.29 is 14.3 Å². The van der Waals surface area contributed by atoms with Gasteiger partial charge in [-0.05, 0) is 56.7 Å². The molecule has 4 rings (SSSR count). The van der Waals surface area contributed by atoms with Crippen LogP contribution in [0.2, 0.25) is 0 Å². The fourth-order valence-electron chi connectivity index (χ4n) is 4.04. The molecule has 4 aromatic rings. The van der Waals surface area contributed by atoms with Crippen LogP contribution in [0.25, 0.3) is 11.0 Å². The van der Waals surface area contributed by atoms with Crippen molar-refractivity contribution in [2.75, 3.05) is 13.7 Å². The Morgan fingerprint density at radius 2 is 1.79 bits per heavy atom. The van der Waals surface area contributed by atoms with Gasteiger partial charge in [0.05, 0.1) is 36.3 Å². The van der Waals surface area contributed by atoms with Gasteiger partial charge in [-0.2, -0.15) is 0 Å². The second kappa shape index (κ2) is 9.77. The van der Waals surface area contributed by atoms with Gasteiger partial charge in [-0.3, -0.25) is 4.79 Å². The van der Waals surface area contributed by atoms with Gasteiger partial charge in [0.1, 0.15) is 23.9 Å². The molecule has 1 heterocycles. The van der Waals surface area contributed by atoms with Gasteiger partial charge >= 0.3 is 0 Å². The molecule has 33 heavy (non-hydrogen) atoms. The number of nitrogens with one attached hydrogen (secondary N) is 1. The summed E-state index contributed by atoms with van der Waals surface area (Å²) >= 11 is 0. The maximum atomic E-state index is 12.9. The van der Waals surface area contributed by atoms with Crippen molar-refractivity contribution in [2.24, 2.45) is 0 Å². The van der Waals surface area contributed by atoms with Crippen LogP contribution < -0.4 is 14.8 Å². The van der Waals surface area contributed by atoms with Crippen molar-refractivity contribution in [3.63, 3.8) is 0 Å². The Kier molecular flexibility index (Phi) is 6.63. The third kappa shape index (κ3) is 4.85. The molecule has 6 nitrogen and oxygen atoms in total. The number of rotatable bonds is 8. The topological polar surface area (TPSA) is 65.4 Å². The molecule has 1 N–H and O–H groups in total. The van der Waals surface area contributed by atoms with E-state index in [1.807, 2.05) is 49.4 Å². The minimum absolute atomic E-state index is 0.204. The van der Waals surface area contributed by atoms with Crippen LogP contribution >= 0.6 is 0 Å². The zero-order valence-electron chi connectivity index (χ0n) is 19.5. The highest BCUT2D eigenvalue weighted by Gasteiger charge is 2.20. The zero-order valence-corrected chi connectivity index (χ0v) is 19.5. The van der Waals surface area contributed by atoms with Crippen molar-refractivity contribution in [2.45, 2.75) is 33.4 Å². The minimum atomic E-state index is -0.309. The van der Waals surface area contributed by atoms with Crippen LogP contribution in [0.4, 0.5) is 0 Å². The van der Waals surface area contributed by atoms with E-state index in [0.29, 0.717) is 24.5 Å². The van der Waals surface area contributed by atoms with E-state index in [2.05, 4.69) is 35.9 Å². The highest BCUT2D eigenvalue weighted by Crippen LogP contribution is 2.24. The fourth-order valence-corrected chi connectivity index (χ4v) is 4.04. The largest absolute Gasteiger partial charge is 0.496 e. The first kappa shape index (κ1) is 22.4. The van der Waals surface area contributed by atoms with Crippen molar-refractivity contribution >= 4 is 16.9 Å². The average Bonchev–Trinajstić information content (AvgIpc) is 3.19. The molecule has 0 radical (unpaired) electrons. The molecule has 0 saturated carbocycles. The van der Waals surface area contributed by atoms with Gasteiger partial charge in [0.2, 0.25) is 0 Å². The summed E-state index contributed by atoms with van der Waals surface area (Å²) in [5.41, 5.74) is 4.71. The van der Waals surface area contributed by atoms with Crippen molar-refractivity contribution in [3.8, 4) is 11.5 Å². The van der Waals surface area contributed by atoms with Gasteiger partial charge < -0.3 is 19.4 Å². The number of aryl methyl sites for hydroxylation is 2. The van der Waals surface area contributed by atoms with Gasteiger partial charge in [-0.25, -0.2) is 4.98 Å². The number of fused-ring (bicyclic) bond motifs is 1. The molecule has 0 spiro atoms. The minimum Gasteiger partial charge on any atom is -0.496 e. The quantitative estimate of drug-likeness (QED) is 0.405. The molecule has 1 atom stereocenters. The number of nitrogens with zero attached hydrogens (tertiary/aromatic N) is 2. The van der Waals surface area contributed by atoms with E-state index in [-0.39, 0.29) is 11.9 Å². The summed E-state index contributed by atoms with van der Waals surface area (Å²) in [5, 5.41) is 3.07. The molecule has 0 aliphatic rings. The van der Waals surface area contributed by atoms with E-state index < -0.39 is 0 Å². The van der Waals surface area contributed by atoms with Crippen molar-refractivity contribution in [1.82, 2.24) is 14.9 Å². The number of ether oxygens (including phenoxy) is 2. The lowest BCUT2D eigenvalue weighted by atomic mass is 10.1. The number of hydrogen-bond acceptors (Lipinski definition) is 4. The summed E-state index contributed by atoms with van der Waals surface area (Å²) in [6.07, 6.45) is 0. The van der Waals surface area contributed by atoms with Crippen LogP contribution in [0.15, 0.2) is 66.7 Å². The second-order valence-corrected chi connectivity index (χ2v) is 8.12. The number of benzene rings is 3. The fraction of sp³-hybridized carbons (Fsp3) is 0.259. The summed E-state index contributed by atoms with van der Waals surface area (Å²) in [5.74, 6) is 2.00. The number of methoxy groups -OCH3 is 1. The van der Waals surface area contributed by atoms with Gasteiger partial charge in [0.25, 0.3) is 5.91 Å². The molecule has 1 amide bonds. The molecule has 0 saturated heterocycles. The number of carbonyl (C=O) groups is 1. The molecule has 1 aromatic heterocycles. The number of imidazole rings is 1. The normalized spacial score (nSPS) is 11.9. The van der Waals surface area contributed by atoms with Crippen molar-refractivity contribution in [1.29, 1.82) is 0 Å². The van der Waals surface area contributed by atoms with Crippen LogP contribution in [-0.4, -0.2) is 29.2 Å². The third-order valence-electron chi connectivity index (χ3n) is 5.67. The molecule has 1 unspecified atom stereocenters. The van der Waals surface area contributed by atoms with Crippen LogP contribution in [-0.2, 0) is 6.54 Å². The third-order valence-corrected chi connectivity index (χ3v) is 5.67. The lowest BCUT2D eigenvalue weighted by Gasteiger charge is -2.18. The Bertz CT molecular complexity index is 1280. The summed E-state index contributed by atoms with van der Waals surface area (Å²) in [6.45, 7) is 7.16. The Morgan fingerprint density at radius 3 is 2.58 bits per heavy atom. The Labute approximate surface area is 194 Å². The highest BCUT2D eigenvalue weighted by molar-refractivity contribution is 5.97. The molecule has 0 bridgehead atoms. The highest BCUT2D eigenvalue weighted by atomic mass is 16.5. The van der Waals surface area contributed by atoms with Gasteiger partial charge in [0, 0.05) is 0 Å². The van der Waals surface area contributed by atoms with Gasteiger partial charge in [-0.1, -0.05) is 42.0 Å². The number of amides is 1. The van der Waals surface area contributed by atoms with E-state index in [9.17, 15) is 4.79 Å². The first-order valence-electron chi connectivity index (χ1n) is 11.1. The first-order chi connectivity index (χ1) is 16.0. The Morgan fingerprint density at radius 1 is 1.03 bits per heavy atom. The van der Waals surface area contributed by atoms with E-state index in [1.54, 1.807) is 19.2 Å². The second-order valence-electron chi connectivity index (χ2n) is 8.12. The molecular formula is C27H29N3O3. The predicted octanol–water partition coefficient (Wildman–Crippen LogP) is 5.23. The lowest BCUT2D eigenvalue weighted by Crippen LogP contribution is -2.29. The van der Waals surface area contributed by atoms with E-state index in [0.717, 1.165) is 28.2 Å². The molecule has 3 aromatic carbocycles. The average molecular weight is 444 g/mol. The smallest absolute Gasteiger partial charge is 0.255 e. The van der Waals surface area contributed by atoms with E-state index in [1.165, 1.54) is 5.56 Å². The standard InChI is InChI=1S/C27H29N3O3/c1-18-13-14-24(19(2)17-18)33-16-15-30-23-11-7-6-10-22(23)29-26(30)20(3)28-27(31)21-9-5-8-12-25(21)32-4/h5-14,17,20H,15-16H2,1-4H3,(H,28,31). The zero-order chi connectivity index (χ0) is 23.4. The lowest BCUT2D eigenvalue weighted by molar-refractivity contribution is 0.0934. The Hall–Kier alpha value is -3.80. The molecular weight excluding hydrogens is 414 g/mol. The molecule has 0 fully saturated rings. The summed E-state index contributed by atoms with van der Waals surface area (Å²) < 4.78 is 13.5. The van der Waals surface area contributed by atoms with Gasteiger partial charge in [-0.15, -0.1) is 0 Å². The number of aromatic nitrogens is 2. The maximum absolute atomic E-state index is 12.9. The maximum Gasteiger partial charge on any atom is 0.255 e. The molecule has 170 valence electrons. The van der Waals surface area contributed by atoms with Crippen LogP contribution in [0.5, 0.6) is 11.5 Å². The number of hydrogen-bond donors (Lipinski definition) is 1. The molecule has 6 heteroatoms. The predicted molar refractivity (Wildman–Crippen MR) is 130 cm³/mol. The summed E-state index contributed by atoms with van der Waals surface area (Å²) in [6, 6.07) is 21.0. The van der Waals surface area contributed by atoms with Crippen LogP contribution in [0, 0.1) is 13.8 Å².